The first-order valence-corrected chi connectivity index (χ1v) is 9.18. The number of carbonyl (C=O) groups excluding carboxylic acids is 3. The fourth-order valence-corrected chi connectivity index (χ4v) is 2.63. The van der Waals surface area contributed by atoms with E-state index in [1.54, 1.807) is 23.1 Å². The number of ether oxygens (including phenoxy) is 1. The second kappa shape index (κ2) is 10.7. The normalized spacial score (nSPS) is 11.8. The Morgan fingerprint density at radius 2 is 1.89 bits per heavy atom. The third kappa shape index (κ3) is 7.38. The zero-order chi connectivity index (χ0) is 20.6. The average Bonchev–Trinajstić information content (AvgIpc) is 2.57. The van der Waals surface area contributed by atoms with Crippen molar-refractivity contribution < 1.29 is 24.2 Å². The number of anilines is 1. The SMILES string of the molecule is CCCC(=O)Nc1ccc(OCC(O)CN(C(C)=O)C(C)C)c(C(C)=O)c1. The van der Waals surface area contributed by atoms with Gasteiger partial charge in [-0.3, -0.25) is 14.4 Å². The molecule has 2 amide bonds. The van der Waals surface area contributed by atoms with E-state index in [0.29, 0.717) is 23.4 Å². The molecule has 7 heteroatoms. The third-order valence-corrected chi connectivity index (χ3v) is 3.99. The van der Waals surface area contributed by atoms with Gasteiger partial charge in [0.1, 0.15) is 18.5 Å². The van der Waals surface area contributed by atoms with Crippen molar-refractivity contribution in [1.29, 1.82) is 0 Å². The molecule has 1 rings (SSSR count). The molecule has 150 valence electrons. The third-order valence-electron chi connectivity index (χ3n) is 3.99. The van der Waals surface area contributed by atoms with Gasteiger partial charge in [-0.15, -0.1) is 0 Å². The van der Waals surface area contributed by atoms with E-state index in [1.165, 1.54) is 13.8 Å². The van der Waals surface area contributed by atoms with Gasteiger partial charge in [-0.2, -0.15) is 0 Å². The van der Waals surface area contributed by atoms with Crippen molar-refractivity contribution in [1.82, 2.24) is 4.90 Å². The van der Waals surface area contributed by atoms with Crippen molar-refractivity contribution in [3.63, 3.8) is 0 Å². The summed E-state index contributed by atoms with van der Waals surface area (Å²) < 4.78 is 5.61. The van der Waals surface area contributed by atoms with Gasteiger partial charge in [0.05, 0.1) is 12.1 Å². The van der Waals surface area contributed by atoms with Gasteiger partial charge >= 0.3 is 0 Å². The molecule has 1 aromatic rings. The van der Waals surface area contributed by atoms with Crippen LogP contribution in [0.1, 0.15) is 57.8 Å². The molecule has 7 nitrogen and oxygen atoms in total. The van der Waals surface area contributed by atoms with Crippen LogP contribution in [0.5, 0.6) is 5.75 Å². The number of nitrogens with one attached hydrogen (secondary N) is 1. The van der Waals surface area contributed by atoms with Crippen LogP contribution in [0.15, 0.2) is 18.2 Å². The second-order valence-corrected chi connectivity index (χ2v) is 6.80. The van der Waals surface area contributed by atoms with Gasteiger partial charge in [0.2, 0.25) is 11.8 Å². The molecule has 0 saturated heterocycles. The minimum Gasteiger partial charge on any atom is -0.490 e. The first-order chi connectivity index (χ1) is 12.6. The van der Waals surface area contributed by atoms with E-state index >= 15 is 0 Å². The molecule has 0 saturated carbocycles. The summed E-state index contributed by atoms with van der Waals surface area (Å²) in [5, 5.41) is 12.9. The van der Waals surface area contributed by atoms with Crippen molar-refractivity contribution in [3.8, 4) is 5.75 Å². The summed E-state index contributed by atoms with van der Waals surface area (Å²) in [4.78, 5) is 36.8. The smallest absolute Gasteiger partial charge is 0.224 e. The number of aliphatic hydroxyl groups is 1. The van der Waals surface area contributed by atoms with Gasteiger partial charge in [0.15, 0.2) is 5.78 Å². The maximum absolute atomic E-state index is 11.9. The Balaban J connectivity index is 2.80. The van der Waals surface area contributed by atoms with Crippen molar-refractivity contribution in [2.24, 2.45) is 0 Å². The molecular formula is C20H30N2O5. The first kappa shape index (κ1) is 22.6. The largest absolute Gasteiger partial charge is 0.490 e. The molecule has 0 radical (unpaired) electrons. The highest BCUT2D eigenvalue weighted by molar-refractivity contribution is 5.99. The van der Waals surface area contributed by atoms with Gasteiger partial charge in [0, 0.05) is 25.1 Å². The van der Waals surface area contributed by atoms with Crippen LogP contribution in [0.3, 0.4) is 0 Å². The standard InChI is InChI=1S/C20H30N2O5/c1-6-7-20(26)21-16-8-9-19(18(10-16)14(4)23)27-12-17(25)11-22(13(2)3)15(5)24/h8-10,13,17,25H,6-7,11-12H2,1-5H3,(H,21,26). The van der Waals surface area contributed by atoms with Crippen LogP contribution in [0, 0.1) is 0 Å². The number of carbonyl (C=O) groups is 3. The highest BCUT2D eigenvalue weighted by atomic mass is 16.5. The number of aliphatic hydroxyl groups excluding tert-OH is 1. The molecule has 0 aliphatic rings. The van der Waals surface area contributed by atoms with Gasteiger partial charge in [-0.1, -0.05) is 6.92 Å². The molecule has 1 atom stereocenters. The summed E-state index contributed by atoms with van der Waals surface area (Å²) >= 11 is 0. The number of Topliss-reactive ketones (excluding diaryl/α,β-unsaturated/α-hetero) is 1. The lowest BCUT2D eigenvalue weighted by molar-refractivity contribution is -0.132. The molecule has 0 heterocycles. The number of hydrogen-bond acceptors (Lipinski definition) is 5. The summed E-state index contributed by atoms with van der Waals surface area (Å²) in [6, 6.07) is 4.78. The van der Waals surface area contributed by atoms with E-state index in [0.717, 1.165) is 6.42 Å². The second-order valence-electron chi connectivity index (χ2n) is 6.80. The minimum atomic E-state index is -0.889. The van der Waals surface area contributed by atoms with Crippen molar-refractivity contribution in [2.45, 2.75) is 59.6 Å². The Labute approximate surface area is 160 Å². The van der Waals surface area contributed by atoms with Crippen molar-refractivity contribution in [3.05, 3.63) is 23.8 Å². The molecule has 0 spiro atoms. The van der Waals surface area contributed by atoms with E-state index in [2.05, 4.69) is 5.32 Å². The zero-order valence-corrected chi connectivity index (χ0v) is 16.7. The van der Waals surface area contributed by atoms with Crippen LogP contribution in [0.4, 0.5) is 5.69 Å². The van der Waals surface area contributed by atoms with Crippen LogP contribution in [-0.4, -0.2) is 52.9 Å². The predicted molar refractivity (Wildman–Crippen MR) is 104 cm³/mol. The molecule has 0 aliphatic heterocycles. The van der Waals surface area contributed by atoms with Gasteiger partial charge in [0.25, 0.3) is 0 Å². The Kier molecular flexibility index (Phi) is 8.94. The summed E-state index contributed by atoms with van der Waals surface area (Å²) in [7, 11) is 0. The van der Waals surface area contributed by atoms with E-state index in [-0.39, 0.29) is 36.8 Å². The van der Waals surface area contributed by atoms with Crippen molar-refractivity contribution in [2.75, 3.05) is 18.5 Å². The predicted octanol–water partition coefficient (Wildman–Crippen LogP) is 2.62. The van der Waals surface area contributed by atoms with Crippen LogP contribution in [0.2, 0.25) is 0 Å². The average molecular weight is 378 g/mol. The molecule has 1 unspecified atom stereocenters. The zero-order valence-electron chi connectivity index (χ0n) is 16.7. The number of rotatable bonds is 10. The molecule has 1 aromatic carbocycles. The molecule has 0 fully saturated rings. The fourth-order valence-electron chi connectivity index (χ4n) is 2.63. The lowest BCUT2D eigenvalue weighted by Crippen LogP contribution is -2.42. The molecule has 27 heavy (non-hydrogen) atoms. The van der Waals surface area contributed by atoms with Crippen LogP contribution < -0.4 is 10.1 Å². The van der Waals surface area contributed by atoms with Crippen LogP contribution in [-0.2, 0) is 9.59 Å². The van der Waals surface area contributed by atoms with Crippen LogP contribution >= 0.6 is 0 Å². The highest BCUT2D eigenvalue weighted by Crippen LogP contribution is 2.24. The van der Waals surface area contributed by atoms with E-state index in [9.17, 15) is 19.5 Å². The molecule has 0 aromatic heterocycles. The summed E-state index contributed by atoms with van der Waals surface area (Å²) in [5.41, 5.74) is 0.845. The number of benzene rings is 1. The number of hydrogen-bond donors (Lipinski definition) is 2. The Morgan fingerprint density at radius 1 is 1.22 bits per heavy atom. The van der Waals surface area contributed by atoms with E-state index < -0.39 is 6.10 Å². The quantitative estimate of drug-likeness (QED) is 0.610. The lowest BCUT2D eigenvalue weighted by Gasteiger charge is -2.27. The number of nitrogens with zero attached hydrogens (tertiary/aromatic N) is 1. The van der Waals surface area contributed by atoms with Crippen LogP contribution in [0.25, 0.3) is 0 Å². The Morgan fingerprint density at radius 3 is 2.41 bits per heavy atom. The topological polar surface area (TPSA) is 95.9 Å². The minimum absolute atomic E-state index is 0.0315. The summed E-state index contributed by atoms with van der Waals surface area (Å²) in [5.74, 6) is -0.123. The maximum atomic E-state index is 11.9. The Hall–Kier alpha value is -2.41. The molecule has 0 bridgehead atoms. The highest BCUT2D eigenvalue weighted by Gasteiger charge is 2.19. The van der Waals surface area contributed by atoms with E-state index in [4.69, 9.17) is 4.74 Å². The fraction of sp³-hybridized carbons (Fsp3) is 0.550. The molecule has 2 N–H and O–H groups in total. The number of amides is 2. The lowest BCUT2D eigenvalue weighted by atomic mass is 10.1. The van der Waals surface area contributed by atoms with Gasteiger partial charge in [-0.25, -0.2) is 0 Å². The Bertz CT molecular complexity index is 672. The summed E-state index contributed by atoms with van der Waals surface area (Å²) in [6.07, 6.45) is 0.251. The maximum Gasteiger partial charge on any atom is 0.224 e. The molecule has 0 aliphatic carbocycles. The number of ketones is 1. The van der Waals surface area contributed by atoms with Crippen molar-refractivity contribution >= 4 is 23.3 Å². The monoisotopic (exact) mass is 378 g/mol. The van der Waals surface area contributed by atoms with Gasteiger partial charge < -0.3 is 20.1 Å². The first-order valence-electron chi connectivity index (χ1n) is 9.18. The van der Waals surface area contributed by atoms with E-state index in [1.807, 2.05) is 20.8 Å². The summed E-state index contributed by atoms with van der Waals surface area (Å²) in [6.45, 7) is 8.60. The molecular weight excluding hydrogens is 348 g/mol. The van der Waals surface area contributed by atoms with Gasteiger partial charge in [-0.05, 0) is 45.4 Å².